The van der Waals surface area contributed by atoms with E-state index < -0.39 is 22.2 Å². The summed E-state index contributed by atoms with van der Waals surface area (Å²) in [6, 6.07) is 7.91. The zero-order valence-corrected chi connectivity index (χ0v) is 12.0. The highest BCUT2D eigenvalue weighted by Crippen LogP contribution is 2.35. The minimum Gasteiger partial charge on any atom is -0.478 e. The Morgan fingerprint density at radius 1 is 1.30 bits per heavy atom. The third kappa shape index (κ3) is 2.30. The highest BCUT2D eigenvalue weighted by molar-refractivity contribution is 7.86. The molecule has 0 saturated carbocycles. The molecule has 20 heavy (non-hydrogen) atoms. The third-order valence-electron chi connectivity index (χ3n) is 3.28. The summed E-state index contributed by atoms with van der Waals surface area (Å²) in [5, 5.41) is 9.35. The van der Waals surface area contributed by atoms with E-state index in [0.29, 0.717) is 5.56 Å². The molecule has 1 heterocycles. The number of carbonyl (C=O) groups is 1. The smallest absolute Gasteiger partial charge is 0.335 e. The molecule has 1 atom stereocenters. The maximum Gasteiger partial charge on any atom is 0.335 e. The number of rotatable bonds is 3. The first-order valence-corrected chi connectivity index (χ1v) is 7.54. The van der Waals surface area contributed by atoms with Gasteiger partial charge in [0.25, 0.3) is 0 Å². The molecule has 0 amide bonds. The molecule has 0 fully saturated rings. The van der Waals surface area contributed by atoms with Crippen LogP contribution in [0.25, 0.3) is 0 Å². The number of nitrogens with zero attached hydrogens (tertiary/aromatic N) is 2. The lowest BCUT2D eigenvalue weighted by Gasteiger charge is -2.37. The van der Waals surface area contributed by atoms with Crippen LogP contribution in [0, 0.1) is 0 Å². The Kier molecular flexibility index (Phi) is 3.82. The van der Waals surface area contributed by atoms with Gasteiger partial charge in [0, 0.05) is 19.8 Å². The first-order chi connectivity index (χ1) is 9.39. The van der Waals surface area contributed by atoms with Crippen molar-refractivity contribution < 1.29 is 18.3 Å². The van der Waals surface area contributed by atoms with Gasteiger partial charge < -0.3 is 5.11 Å². The summed E-state index contributed by atoms with van der Waals surface area (Å²) in [6.45, 7) is 1.84. The maximum atomic E-state index is 12.3. The minimum absolute atomic E-state index is 0.0374. The topological polar surface area (TPSA) is 77.9 Å². The number of aliphatic carboxylic acids is 1. The van der Waals surface area contributed by atoms with E-state index >= 15 is 0 Å². The van der Waals surface area contributed by atoms with Gasteiger partial charge in [-0.25, -0.2) is 4.79 Å². The Morgan fingerprint density at radius 3 is 2.40 bits per heavy atom. The van der Waals surface area contributed by atoms with Crippen LogP contribution in [-0.4, -0.2) is 41.7 Å². The van der Waals surface area contributed by atoms with Gasteiger partial charge in [0.2, 0.25) is 0 Å². The van der Waals surface area contributed by atoms with Crippen LogP contribution in [0.3, 0.4) is 0 Å². The fourth-order valence-corrected chi connectivity index (χ4v) is 3.64. The fraction of sp³-hybridized carbons (Fsp3) is 0.308. The number of hydrogen-bond donors (Lipinski definition) is 1. The van der Waals surface area contributed by atoms with E-state index in [9.17, 15) is 18.3 Å². The van der Waals surface area contributed by atoms with E-state index in [4.69, 9.17) is 0 Å². The molecular weight excluding hydrogens is 280 g/mol. The molecule has 0 bridgehead atoms. The second-order valence-corrected chi connectivity index (χ2v) is 6.37. The van der Waals surface area contributed by atoms with Gasteiger partial charge in [-0.05, 0) is 12.5 Å². The Bertz CT molecular complexity index is 640. The van der Waals surface area contributed by atoms with E-state index in [1.165, 1.54) is 13.2 Å². The van der Waals surface area contributed by atoms with Crippen molar-refractivity contribution in [1.82, 2.24) is 8.61 Å². The predicted octanol–water partition coefficient (Wildman–Crippen LogP) is 1.21. The van der Waals surface area contributed by atoms with Crippen molar-refractivity contribution in [3.63, 3.8) is 0 Å². The summed E-state index contributed by atoms with van der Waals surface area (Å²) >= 11 is 0. The van der Waals surface area contributed by atoms with Gasteiger partial charge in [0.1, 0.15) is 0 Å². The normalized spacial score (nSPS) is 22.4. The van der Waals surface area contributed by atoms with Crippen molar-refractivity contribution >= 4 is 16.2 Å². The van der Waals surface area contributed by atoms with Crippen molar-refractivity contribution in [1.29, 1.82) is 0 Å². The SMILES string of the molecule is CCN1C=C(C(=O)O)C(c2ccccc2)N(C)S1(=O)=O. The molecule has 0 aromatic heterocycles. The molecule has 108 valence electrons. The Balaban J connectivity index is 2.62. The second-order valence-electron chi connectivity index (χ2n) is 4.43. The molecular formula is C13H16N2O4S. The Morgan fingerprint density at radius 2 is 1.90 bits per heavy atom. The highest BCUT2D eigenvalue weighted by Gasteiger charge is 2.40. The lowest BCUT2D eigenvalue weighted by molar-refractivity contribution is -0.133. The van der Waals surface area contributed by atoms with Crippen molar-refractivity contribution in [2.75, 3.05) is 13.6 Å². The number of hydrogen-bond acceptors (Lipinski definition) is 3. The van der Waals surface area contributed by atoms with Crippen molar-refractivity contribution in [3.05, 3.63) is 47.7 Å². The zero-order chi connectivity index (χ0) is 14.9. The van der Waals surface area contributed by atoms with Crippen LogP contribution in [0.1, 0.15) is 18.5 Å². The van der Waals surface area contributed by atoms with Crippen molar-refractivity contribution in [3.8, 4) is 0 Å². The summed E-state index contributed by atoms with van der Waals surface area (Å²) < 4.78 is 26.8. The number of likely N-dealkylation sites (N-methyl/N-ethyl adjacent to an activating group) is 1. The van der Waals surface area contributed by atoms with Gasteiger partial charge in [-0.15, -0.1) is 0 Å². The molecule has 0 aliphatic carbocycles. The molecule has 6 nitrogen and oxygen atoms in total. The lowest BCUT2D eigenvalue weighted by atomic mass is 9.99. The molecule has 1 aromatic carbocycles. The van der Waals surface area contributed by atoms with Gasteiger partial charge in [0.05, 0.1) is 11.6 Å². The first kappa shape index (κ1) is 14.5. The average Bonchev–Trinajstić information content (AvgIpc) is 2.42. The van der Waals surface area contributed by atoms with Crippen LogP contribution >= 0.6 is 0 Å². The molecule has 7 heteroatoms. The standard InChI is InChI=1S/C13H16N2O4S/c1-3-15-9-11(13(16)17)12(14(2)20(15,18)19)10-7-5-4-6-8-10/h4-9,12H,3H2,1-2H3,(H,16,17). The van der Waals surface area contributed by atoms with Gasteiger partial charge in [-0.3, -0.25) is 4.31 Å². The largest absolute Gasteiger partial charge is 0.478 e. The van der Waals surface area contributed by atoms with E-state index in [0.717, 1.165) is 8.61 Å². The highest BCUT2D eigenvalue weighted by atomic mass is 32.2. The molecule has 1 aliphatic rings. The number of carboxylic acids is 1. The van der Waals surface area contributed by atoms with Crippen LogP contribution in [0.5, 0.6) is 0 Å². The second kappa shape index (κ2) is 5.26. The Labute approximate surface area is 118 Å². The minimum atomic E-state index is -3.69. The van der Waals surface area contributed by atoms with Crippen molar-refractivity contribution in [2.24, 2.45) is 0 Å². The van der Waals surface area contributed by atoms with Gasteiger partial charge in [0.15, 0.2) is 0 Å². The van der Waals surface area contributed by atoms with Gasteiger partial charge in [-0.2, -0.15) is 12.7 Å². The fourth-order valence-electron chi connectivity index (χ4n) is 2.24. The summed E-state index contributed by atoms with van der Waals surface area (Å²) in [4.78, 5) is 11.4. The third-order valence-corrected chi connectivity index (χ3v) is 5.17. The molecule has 0 spiro atoms. The average molecular weight is 296 g/mol. The molecule has 2 rings (SSSR count). The summed E-state index contributed by atoms with van der Waals surface area (Å²) in [5.74, 6) is -1.13. The molecule has 1 unspecified atom stereocenters. The summed E-state index contributed by atoms with van der Waals surface area (Å²) in [6.07, 6.45) is 1.20. The van der Waals surface area contributed by atoms with Gasteiger partial charge >= 0.3 is 16.2 Å². The molecule has 0 radical (unpaired) electrons. The molecule has 1 aliphatic heterocycles. The van der Waals surface area contributed by atoms with E-state index in [-0.39, 0.29) is 12.1 Å². The predicted molar refractivity (Wildman–Crippen MR) is 74.0 cm³/mol. The number of benzene rings is 1. The zero-order valence-electron chi connectivity index (χ0n) is 11.2. The van der Waals surface area contributed by atoms with E-state index in [1.54, 1.807) is 37.3 Å². The monoisotopic (exact) mass is 296 g/mol. The van der Waals surface area contributed by atoms with Gasteiger partial charge in [-0.1, -0.05) is 30.3 Å². The number of carboxylic acid groups (broad SMARTS) is 1. The Hall–Kier alpha value is -1.86. The lowest BCUT2D eigenvalue weighted by Crippen LogP contribution is -2.46. The van der Waals surface area contributed by atoms with Crippen LogP contribution in [0.2, 0.25) is 0 Å². The van der Waals surface area contributed by atoms with Crippen molar-refractivity contribution in [2.45, 2.75) is 13.0 Å². The summed E-state index contributed by atoms with van der Waals surface area (Å²) in [7, 11) is -2.29. The first-order valence-electron chi connectivity index (χ1n) is 6.14. The van der Waals surface area contributed by atoms with Crippen LogP contribution in [0.4, 0.5) is 0 Å². The van der Waals surface area contributed by atoms with Crippen LogP contribution in [-0.2, 0) is 15.0 Å². The van der Waals surface area contributed by atoms with E-state index in [2.05, 4.69) is 0 Å². The van der Waals surface area contributed by atoms with E-state index in [1.807, 2.05) is 0 Å². The maximum absolute atomic E-state index is 12.3. The quantitative estimate of drug-likeness (QED) is 0.909. The molecule has 0 saturated heterocycles. The van der Waals surface area contributed by atoms with Crippen LogP contribution in [0.15, 0.2) is 42.1 Å². The summed E-state index contributed by atoms with van der Waals surface area (Å²) in [5.41, 5.74) is 0.665. The van der Waals surface area contributed by atoms with Crippen LogP contribution < -0.4 is 0 Å². The molecule has 1 aromatic rings. The molecule has 1 N–H and O–H groups in total.